The van der Waals surface area contributed by atoms with E-state index in [2.05, 4.69) is 4.74 Å². The minimum atomic E-state index is -0.406. The second-order valence-electron chi connectivity index (χ2n) is 5.41. The van der Waals surface area contributed by atoms with Crippen LogP contribution < -0.4 is 10.2 Å². The maximum absolute atomic E-state index is 12.9. The van der Waals surface area contributed by atoms with Gasteiger partial charge in [-0.1, -0.05) is 11.6 Å². The Morgan fingerprint density at radius 3 is 2.81 bits per heavy atom. The van der Waals surface area contributed by atoms with Crippen molar-refractivity contribution >= 4 is 39.9 Å². The van der Waals surface area contributed by atoms with Gasteiger partial charge in [-0.25, -0.2) is 0 Å². The fourth-order valence-electron chi connectivity index (χ4n) is 2.32. The first kappa shape index (κ1) is 18.2. The highest BCUT2D eigenvalue weighted by atomic mass is 35.5. The molecule has 0 spiro atoms. The first-order valence-electron chi connectivity index (χ1n) is 7.71. The maximum Gasteiger partial charge on any atom is 0.309 e. The molecule has 2 heterocycles. The Hall–Kier alpha value is -2.57. The zero-order chi connectivity index (χ0) is 18.7. The number of ether oxygens (including phenoxy) is 2. The number of carbonyl (C=O) groups is 1. The molecule has 0 aliphatic carbocycles. The van der Waals surface area contributed by atoms with Gasteiger partial charge in [0.2, 0.25) is 11.2 Å². The van der Waals surface area contributed by atoms with E-state index in [9.17, 15) is 9.59 Å². The van der Waals surface area contributed by atoms with Crippen LogP contribution in [0.5, 0.6) is 5.75 Å². The first-order chi connectivity index (χ1) is 12.5. The van der Waals surface area contributed by atoms with Gasteiger partial charge in [-0.3, -0.25) is 9.59 Å². The molecule has 0 saturated carbocycles. The number of aryl methyl sites for hydroxylation is 1. The van der Waals surface area contributed by atoms with Crippen molar-refractivity contribution in [2.45, 2.75) is 13.3 Å². The van der Waals surface area contributed by atoms with Crippen LogP contribution in [0.1, 0.15) is 11.3 Å². The molecule has 1 aromatic carbocycles. The number of methoxy groups -OCH3 is 1. The van der Waals surface area contributed by atoms with Crippen LogP contribution in [0.15, 0.2) is 51.9 Å². The van der Waals surface area contributed by atoms with Crippen molar-refractivity contribution in [2.75, 3.05) is 7.11 Å². The SMILES string of the molecule is COC(=O)C/C=C\Oc1c(-c2ccc(C)s2)oc2ccc(Cl)cc2c1=O. The molecule has 0 radical (unpaired) electrons. The molecule has 0 unspecified atom stereocenters. The zero-order valence-corrected chi connectivity index (χ0v) is 15.6. The van der Waals surface area contributed by atoms with Gasteiger partial charge in [-0.2, -0.15) is 0 Å². The van der Waals surface area contributed by atoms with E-state index >= 15 is 0 Å². The van der Waals surface area contributed by atoms with E-state index in [0.29, 0.717) is 21.8 Å². The summed E-state index contributed by atoms with van der Waals surface area (Å²) in [6.45, 7) is 1.96. The Labute approximate surface area is 158 Å². The third-order valence-electron chi connectivity index (χ3n) is 3.57. The van der Waals surface area contributed by atoms with Crippen LogP contribution in [-0.2, 0) is 9.53 Å². The largest absolute Gasteiger partial charge is 0.469 e. The van der Waals surface area contributed by atoms with E-state index in [1.165, 1.54) is 36.9 Å². The van der Waals surface area contributed by atoms with E-state index in [1.54, 1.807) is 12.1 Å². The highest BCUT2D eigenvalue weighted by Gasteiger charge is 2.18. The molecule has 134 valence electrons. The predicted octanol–water partition coefficient (Wildman–Crippen LogP) is 4.94. The molecule has 0 bridgehead atoms. The van der Waals surface area contributed by atoms with Gasteiger partial charge in [0.15, 0.2) is 5.76 Å². The summed E-state index contributed by atoms with van der Waals surface area (Å²) in [5.74, 6) is -0.0235. The summed E-state index contributed by atoms with van der Waals surface area (Å²) in [5, 5.41) is 0.752. The molecule has 3 rings (SSSR count). The lowest BCUT2D eigenvalue weighted by molar-refractivity contribution is -0.139. The van der Waals surface area contributed by atoms with Crippen molar-refractivity contribution in [3.63, 3.8) is 0 Å². The number of rotatable bonds is 5. The van der Waals surface area contributed by atoms with Gasteiger partial charge in [-0.15, -0.1) is 11.3 Å². The highest BCUT2D eigenvalue weighted by Crippen LogP contribution is 2.35. The number of halogens is 1. The minimum Gasteiger partial charge on any atom is -0.469 e. The summed E-state index contributed by atoms with van der Waals surface area (Å²) in [5.41, 5.74) is 0.0869. The van der Waals surface area contributed by atoms with Crippen LogP contribution in [-0.4, -0.2) is 13.1 Å². The number of carbonyl (C=O) groups excluding carboxylic acids is 1. The number of hydrogen-bond donors (Lipinski definition) is 0. The van der Waals surface area contributed by atoms with Gasteiger partial charge >= 0.3 is 5.97 Å². The Bertz CT molecular complexity index is 1050. The molecule has 5 nitrogen and oxygen atoms in total. The van der Waals surface area contributed by atoms with Crippen LogP contribution in [0.3, 0.4) is 0 Å². The molecular formula is C19H15ClO5S. The maximum atomic E-state index is 12.9. The zero-order valence-electron chi connectivity index (χ0n) is 14.1. The van der Waals surface area contributed by atoms with E-state index < -0.39 is 5.97 Å². The fourth-order valence-corrected chi connectivity index (χ4v) is 3.34. The molecule has 3 aromatic rings. The van der Waals surface area contributed by atoms with Gasteiger partial charge in [0.1, 0.15) is 5.58 Å². The molecule has 26 heavy (non-hydrogen) atoms. The molecule has 0 saturated heterocycles. The average Bonchev–Trinajstić information content (AvgIpc) is 3.06. The topological polar surface area (TPSA) is 65.7 Å². The Morgan fingerprint density at radius 2 is 2.12 bits per heavy atom. The summed E-state index contributed by atoms with van der Waals surface area (Å²) in [6.07, 6.45) is 2.79. The van der Waals surface area contributed by atoms with Crippen LogP contribution in [0.2, 0.25) is 5.02 Å². The summed E-state index contributed by atoms with van der Waals surface area (Å²) in [6, 6.07) is 8.65. The Morgan fingerprint density at radius 1 is 1.31 bits per heavy atom. The van der Waals surface area contributed by atoms with Gasteiger partial charge < -0.3 is 13.9 Å². The van der Waals surface area contributed by atoms with Crippen LogP contribution in [0.25, 0.3) is 21.6 Å². The third kappa shape index (κ3) is 3.81. The molecular weight excluding hydrogens is 376 g/mol. The van der Waals surface area contributed by atoms with E-state index in [0.717, 1.165) is 9.75 Å². The lowest BCUT2D eigenvalue weighted by atomic mass is 10.2. The predicted molar refractivity (Wildman–Crippen MR) is 102 cm³/mol. The lowest BCUT2D eigenvalue weighted by Gasteiger charge is -2.08. The van der Waals surface area contributed by atoms with Crippen LogP contribution in [0.4, 0.5) is 0 Å². The van der Waals surface area contributed by atoms with E-state index in [-0.39, 0.29) is 17.6 Å². The van der Waals surface area contributed by atoms with Crippen LogP contribution >= 0.6 is 22.9 Å². The fraction of sp³-hybridized carbons (Fsp3) is 0.158. The summed E-state index contributed by atoms with van der Waals surface area (Å²) < 4.78 is 16.0. The van der Waals surface area contributed by atoms with E-state index in [4.69, 9.17) is 20.8 Å². The highest BCUT2D eigenvalue weighted by molar-refractivity contribution is 7.15. The molecule has 7 heteroatoms. The number of hydrogen-bond acceptors (Lipinski definition) is 6. The second kappa shape index (κ2) is 7.76. The average molecular weight is 391 g/mol. The monoisotopic (exact) mass is 390 g/mol. The van der Waals surface area contributed by atoms with Gasteiger partial charge in [-0.05, 0) is 43.3 Å². The summed E-state index contributed by atoms with van der Waals surface area (Å²) in [4.78, 5) is 25.9. The van der Waals surface area contributed by atoms with Crippen molar-refractivity contribution in [2.24, 2.45) is 0 Å². The number of thiophene rings is 1. The Kier molecular flexibility index (Phi) is 5.44. The second-order valence-corrected chi connectivity index (χ2v) is 7.13. The normalized spacial score (nSPS) is 11.2. The van der Waals surface area contributed by atoms with Crippen molar-refractivity contribution in [3.8, 4) is 16.4 Å². The van der Waals surface area contributed by atoms with Crippen molar-refractivity contribution < 1.29 is 18.7 Å². The molecule has 0 amide bonds. The quantitative estimate of drug-likeness (QED) is 0.456. The van der Waals surface area contributed by atoms with Crippen LogP contribution in [0, 0.1) is 6.92 Å². The van der Waals surface area contributed by atoms with Gasteiger partial charge in [0, 0.05) is 9.90 Å². The van der Waals surface area contributed by atoms with Crippen molar-refractivity contribution in [3.05, 3.63) is 62.8 Å². The standard InChI is InChI=1S/C19H15ClO5S/c1-11-5-8-15(26-11)18-19(24-9-3-4-16(21)23-2)17(22)13-10-12(20)6-7-14(13)25-18/h3,5-10H,4H2,1-2H3/b9-3-. The molecule has 0 aliphatic heterocycles. The van der Waals surface area contributed by atoms with E-state index in [1.807, 2.05) is 19.1 Å². The third-order valence-corrected chi connectivity index (χ3v) is 4.80. The number of benzene rings is 1. The Balaban J connectivity index is 2.09. The summed E-state index contributed by atoms with van der Waals surface area (Å²) in [7, 11) is 1.30. The van der Waals surface area contributed by atoms with Crippen molar-refractivity contribution in [1.82, 2.24) is 0 Å². The number of esters is 1. The molecule has 0 atom stereocenters. The smallest absolute Gasteiger partial charge is 0.309 e. The summed E-state index contributed by atoms with van der Waals surface area (Å²) >= 11 is 7.48. The minimum absolute atomic E-state index is 0.0364. The van der Waals surface area contributed by atoms with Gasteiger partial charge in [0.25, 0.3) is 0 Å². The first-order valence-corrected chi connectivity index (χ1v) is 8.90. The molecule has 2 aromatic heterocycles. The van der Waals surface area contributed by atoms with Crippen molar-refractivity contribution in [1.29, 1.82) is 0 Å². The lowest BCUT2D eigenvalue weighted by Crippen LogP contribution is -2.07. The molecule has 0 N–H and O–H groups in total. The van der Waals surface area contributed by atoms with Gasteiger partial charge in [0.05, 0.1) is 30.1 Å². The molecule has 0 aliphatic rings. The number of fused-ring (bicyclic) bond motifs is 1. The molecule has 0 fully saturated rings.